The van der Waals surface area contributed by atoms with Crippen LogP contribution in [0.5, 0.6) is 0 Å². The third-order valence-electron chi connectivity index (χ3n) is 5.57. The van der Waals surface area contributed by atoms with Crippen LogP contribution in [0.4, 0.5) is 13.2 Å². The lowest BCUT2D eigenvalue weighted by Gasteiger charge is -2.29. The van der Waals surface area contributed by atoms with E-state index >= 15 is 0 Å². The maximum Gasteiger partial charge on any atom is 0.416 e. The maximum absolute atomic E-state index is 12.8. The quantitative estimate of drug-likeness (QED) is 0.578. The van der Waals surface area contributed by atoms with E-state index in [0.29, 0.717) is 5.56 Å². The summed E-state index contributed by atoms with van der Waals surface area (Å²) in [6.45, 7) is 7.42. The molecule has 0 saturated carbocycles. The van der Waals surface area contributed by atoms with Gasteiger partial charge in [0.2, 0.25) is 0 Å². The summed E-state index contributed by atoms with van der Waals surface area (Å²) in [7, 11) is -1.58. The van der Waals surface area contributed by atoms with Crippen molar-refractivity contribution in [3.05, 3.63) is 70.0 Å². The van der Waals surface area contributed by atoms with Gasteiger partial charge in [0.05, 0.1) is 16.4 Å². The molecule has 2 aromatic rings. The second kappa shape index (κ2) is 9.10. The van der Waals surface area contributed by atoms with Gasteiger partial charge in [-0.2, -0.15) is 13.2 Å². The number of halogens is 3. The van der Waals surface area contributed by atoms with Crippen molar-refractivity contribution in [2.24, 2.45) is 5.92 Å². The highest BCUT2D eigenvalue weighted by Crippen LogP contribution is 2.35. The number of aliphatic hydroxyl groups excluding tert-OH is 1. The fourth-order valence-corrected chi connectivity index (χ4v) is 5.35. The van der Waals surface area contributed by atoms with Crippen molar-refractivity contribution in [1.82, 2.24) is 0 Å². The first-order chi connectivity index (χ1) is 14.9. The molecule has 0 saturated heterocycles. The fraction of sp³-hybridized carbons (Fsp3) is 0.375. The Balaban J connectivity index is 1.75. The number of carbonyl (C=O) groups is 1. The highest BCUT2D eigenvalue weighted by Gasteiger charge is 2.35. The van der Waals surface area contributed by atoms with Gasteiger partial charge in [0.1, 0.15) is 17.4 Å². The molecular formula is C24H25F3O4S. The maximum atomic E-state index is 12.8. The van der Waals surface area contributed by atoms with Gasteiger partial charge in [0.15, 0.2) is 0 Å². The molecule has 1 aliphatic rings. The lowest BCUT2D eigenvalue weighted by Crippen LogP contribution is -2.33. The van der Waals surface area contributed by atoms with Crippen LogP contribution >= 0.6 is 0 Å². The van der Waals surface area contributed by atoms with Gasteiger partial charge in [-0.05, 0) is 61.7 Å². The normalized spacial score (nSPS) is 19.0. The number of cyclic esters (lactones) is 1. The number of hydrogen-bond donors (Lipinski definition) is 1. The van der Waals surface area contributed by atoms with E-state index in [-0.39, 0.29) is 34.3 Å². The molecule has 1 aliphatic heterocycles. The zero-order chi connectivity index (χ0) is 23.8. The second-order valence-corrected chi connectivity index (χ2v) is 9.75. The molecule has 0 aliphatic carbocycles. The van der Waals surface area contributed by atoms with E-state index in [1.807, 2.05) is 32.9 Å². The van der Waals surface area contributed by atoms with Gasteiger partial charge < -0.3 is 9.84 Å². The number of aliphatic hydroxyl groups is 1. The zero-order valence-corrected chi connectivity index (χ0v) is 19.1. The first kappa shape index (κ1) is 24.0. The fourth-order valence-electron chi connectivity index (χ4n) is 4.02. The minimum absolute atomic E-state index is 0.0755. The zero-order valence-electron chi connectivity index (χ0n) is 18.2. The van der Waals surface area contributed by atoms with Gasteiger partial charge in [-0.15, -0.1) is 0 Å². The van der Waals surface area contributed by atoms with E-state index in [9.17, 15) is 27.3 Å². The second-order valence-electron chi connectivity index (χ2n) is 8.25. The first-order valence-corrected chi connectivity index (χ1v) is 11.5. The topological polar surface area (TPSA) is 63.6 Å². The SMILES string of the molecule is Cc1cc(C)c(C2=C(O)CC(C(C)CS(=O)c3ccc(C(F)(F)F)cc3)OC2=O)c(C)c1. The van der Waals surface area contributed by atoms with Crippen LogP contribution in [0.25, 0.3) is 5.57 Å². The molecule has 0 fully saturated rings. The summed E-state index contributed by atoms with van der Waals surface area (Å²) in [4.78, 5) is 13.0. The Labute approximate surface area is 187 Å². The van der Waals surface area contributed by atoms with Crippen molar-refractivity contribution in [3.63, 3.8) is 0 Å². The molecule has 0 radical (unpaired) electrons. The summed E-state index contributed by atoms with van der Waals surface area (Å²) in [6.07, 6.45) is -5.06. The van der Waals surface area contributed by atoms with Crippen LogP contribution in [0.2, 0.25) is 0 Å². The predicted octanol–water partition coefficient (Wildman–Crippen LogP) is 5.66. The average molecular weight is 467 g/mol. The lowest BCUT2D eigenvalue weighted by atomic mass is 9.89. The van der Waals surface area contributed by atoms with E-state index in [1.54, 1.807) is 6.92 Å². The molecule has 0 aromatic heterocycles. The first-order valence-electron chi connectivity index (χ1n) is 10.2. The van der Waals surface area contributed by atoms with Crippen LogP contribution in [0.15, 0.2) is 47.1 Å². The van der Waals surface area contributed by atoms with Crippen molar-refractivity contribution in [2.75, 3.05) is 5.75 Å². The molecule has 172 valence electrons. The molecule has 3 rings (SSSR count). The highest BCUT2D eigenvalue weighted by atomic mass is 32.2. The molecule has 32 heavy (non-hydrogen) atoms. The van der Waals surface area contributed by atoms with E-state index in [2.05, 4.69) is 0 Å². The number of benzene rings is 2. The van der Waals surface area contributed by atoms with Gasteiger partial charge in [-0.25, -0.2) is 4.79 Å². The van der Waals surface area contributed by atoms with Gasteiger partial charge in [-0.1, -0.05) is 24.6 Å². The van der Waals surface area contributed by atoms with E-state index in [0.717, 1.165) is 28.8 Å². The number of ether oxygens (including phenoxy) is 1. The smallest absolute Gasteiger partial charge is 0.416 e. The average Bonchev–Trinajstić information content (AvgIpc) is 2.68. The third kappa shape index (κ3) is 5.06. The van der Waals surface area contributed by atoms with Crippen molar-refractivity contribution < 1.29 is 32.0 Å². The van der Waals surface area contributed by atoms with Crippen molar-refractivity contribution in [3.8, 4) is 0 Å². The van der Waals surface area contributed by atoms with Gasteiger partial charge in [0.25, 0.3) is 0 Å². The Hall–Kier alpha value is -2.61. The van der Waals surface area contributed by atoms with E-state index < -0.39 is 34.6 Å². The Morgan fingerprint density at radius 2 is 1.69 bits per heavy atom. The van der Waals surface area contributed by atoms with Crippen molar-refractivity contribution >= 4 is 22.3 Å². The molecule has 8 heteroatoms. The minimum atomic E-state index is -4.46. The Morgan fingerprint density at radius 3 is 2.19 bits per heavy atom. The molecule has 3 unspecified atom stereocenters. The summed E-state index contributed by atoms with van der Waals surface area (Å²) in [5, 5.41) is 10.7. The van der Waals surface area contributed by atoms with Crippen molar-refractivity contribution in [2.45, 2.75) is 51.3 Å². The Kier molecular flexibility index (Phi) is 6.83. The van der Waals surface area contributed by atoms with Crippen LogP contribution < -0.4 is 0 Å². The van der Waals surface area contributed by atoms with Crippen LogP contribution in [-0.4, -0.2) is 27.1 Å². The molecule has 0 spiro atoms. The predicted molar refractivity (Wildman–Crippen MR) is 117 cm³/mol. The molecule has 1 N–H and O–H groups in total. The summed E-state index contributed by atoms with van der Waals surface area (Å²) >= 11 is 0. The number of alkyl halides is 3. The molecule has 0 bridgehead atoms. The highest BCUT2D eigenvalue weighted by molar-refractivity contribution is 7.85. The molecule has 3 atom stereocenters. The monoisotopic (exact) mass is 466 g/mol. The summed E-state index contributed by atoms with van der Waals surface area (Å²) in [5.74, 6) is -1.02. The van der Waals surface area contributed by atoms with Gasteiger partial charge in [-0.3, -0.25) is 4.21 Å². The van der Waals surface area contributed by atoms with Gasteiger partial charge >= 0.3 is 12.1 Å². The Morgan fingerprint density at radius 1 is 1.12 bits per heavy atom. The van der Waals surface area contributed by atoms with Gasteiger partial charge in [0, 0.05) is 23.0 Å². The lowest BCUT2D eigenvalue weighted by molar-refractivity contribution is -0.145. The third-order valence-corrected chi connectivity index (χ3v) is 7.19. The molecule has 4 nitrogen and oxygen atoms in total. The number of hydrogen-bond acceptors (Lipinski definition) is 4. The van der Waals surface area contributed by atoms with Crippen LogP contribution in [0.1, 0.15) is 41.2 Å². The largest absolute Gasteiger partial charge is 0.511 e. The minimum Gasteiger partial charge on any atom is -0.511 e. The molecule has 2 aromatic carbocycles. The Bertz CT molecular complexity index is 1060. The molecule has 0 amide bonds. The van der Waals surface area contributed by atoms with E-state index in [4.69, 9.17) is 4.74 Å². The number of esters is 1. The summed E-state index contributed by atoms with van der Waals surface area (Å²) < 4.78 is 56.4. The number of rotatable bonds is 5. The molecular weight excluding hydrogens is 441 g/mol. The van der Waals surface area contributed by atoms with Crippen LogP contribution in [-0.2, 0) is 26.5 Å². The van der Waals surface area contributed by atoms with E-state index in [1.165, 1.54) is 12.1 Å². The summed E-state index contributed by atoms with van der Waals surface area (Å²) in [5.41, 5.74) is 2.75. The molecule has 1 heterocycles. The van der Waals surface area contributed by atoms with Crippen LogP contribution in [0, 0.1) is 26.7 Å². The number of aryl methyl sites for hydroxylation is 3. The van der Waals surface area contributed by atoms with Crippen LogP contribution in [0.3, 0.4) is 0 Å². The standard InChI is InChI=1S/C24H25F3O4S/c1-13-9-14(2)21(15(3)10-13)22-19(28)11-20(31-23(22)29)16(4)12-32(30)18-7-5-17(6-8-18)24(25,26)27/h5-10,16,20,28H,11-12H2,1-4H3. The summed E-state index contributed by atoms with van der Waals surface area (Å²) in [6, 6.07) is 8.03. The number of carbonyl (C=O) groups excluding carboxylic acids is 1. The van der Waals surface area contributed by atoms with Crippen molar-refractivity contribution in [1.29, 1.82) is 0 Å².